The lowest BCUT2D eigenvalue weighted by Gasteiger charge is -2.09. The van der Waals surface area contributed by atoms with E-state index in [0.717, 1.165) is 30.6 Å². The minimum Gasteiger partial charge on any atom is -0.494 e. The van der Waals surface area contributed by atoms with Crippen molar-refractivity contribution >= 4 is 12.0 Å². The molecule has 0 heterocycles. The van der Waals surface area contributed by atoms with Gasteiger partial charge < -0.3 is 14.6 Å². The van der Waals surface area contributed by atoms with E-state index in [1.807, 2.05) is 31.2 Å². The molecule has 0 aliphatic heterocycles. The van der Waals surface area contributed by atoms with E-state index in [9.17, 15) is 9.90 Å². The molecule has 116 valence electrons. The van der Waals surface area contributed by atoms with Crippen molar-refractivity contribution in [3.63, 3.8) is 0 Å². The lowest BCUT2D eigenvalue weighted by Crippen LogP contribution is -2.07. The van der Waals surface area contributed by atoms with Gasteiger partial charge in [-0.25, -0.2) is 4.79 Å². The number of carbonyl (C=O) groups is 1. The molecule has 4 heteroatoms. The quantitative estimate of drug-likeness (QED) is 0.431. The molecule has 1 aromatic rings. The van der Waals surface area contributed by atoms with E-state index < -0.39 is 0 Å². The van der Waals surface area contributed by atoms with Gasteiger partial charge in [-0.15, -0.1) is 0 Å². The van der Waals surface area contributed by atoms with Crippen molar-refractivity contribution in [1.82, 2.24) is 0 Å². The zero-order valence-corrected chi connectivity index (χ0v) is 12.7. The van der Waals surface area contributed by atoms with Crippen LogP contribution >= 0.6 is 0 Å². The van der Waals surface area contributed by atoms with E-state index in [4.69, 9.17) is 9.47 Å². The average molecular weight is 292 g/mol. The molecule has 0 fully saturated rings. The molecule has 1 rings (SSSR count). The van der Waals surface area contributed by atoms with E-state index in [-0.39, 0.29) is 12.1 Å². The number of aliphatic hydroxyl groups is 1. The minimum absolute atomic E-state index is 0.232. The molecule has 0 spiro atoms. The van der Waals surface area contributed by atoms with Crippen LogP contribution in [0.3, 0.4) is 0 Å². The Morgan fingerprint density at radius 2 is 2.00 bits per heavy atom. The predicted octanol–water partition coefficient (Wildman–Crippen LogP) is 3.19. The summed E-state index contributed by atoms with van der Waals surface area (Å²) >= 11 is 0. The maximum absolute atomic E-state index is 11.2. The summed E-state index contributed by atoms with van der Waals surface area (Å²) in [4.78, 5) is 11.2. The number of aliphatic hydroxyl groups excluding tert-OH is 1. The molecule has 0 aliphatic rings. The van der Waals surface area contributed by atoms with E-state index in [1.165, 1.54) is 6.08 Å². The van der Waals surface area contributed by atoms with Crippen molar-refractivity contribution in [1.29, 1.82) is 0 Å². The first-order valence-electron chi connectivity index (χ1n) is 7.41. The second kappa shape index (κ2) is 10.00. The Labute approximate surface area is 126 Å². The lowest BCUT2D eigenvalue weighted by atomic mass is 10.1. The van der Waals surface area contributed by atoms with Crippen LogP contribution in [-0.2, 0) is 9.53 Å². The molecule has 0 saturated carbocycles. The third-order valence-corrected chi connectivity index (χ3v) is 3.00. The molecule has 1 aromatic carbocycles. The fourth-order valence-corrected chi connectivity index (χ4v) is 1.74. The molecule has 21 heavy (non-hydrogen) atoms. The summed E-state index contributed by atoms with van der Waals surface area (Å²) in [6.45, 7) is 4.71. The normalized spacial score (nSPS) is 12.3. The van der Waals surface area contributed by atoms with Gasteiger partial charge in [-0.05, 0) is 50.0 Å². The highest BCUT2D eigenvalue weighted by molar-refractivity contribution is 5.87. The molecule has 0 bridgehead atoms. The van der Waals surface area contributed by atoms with E-state index in [0.29, 0.717) is 13.2 Å². The Morgan fingerprint density at radius 3 is 2.62 bits per heavy atom. The van der Waals surface area contributed by atoms with Crippen LogP contribution in [0.25, 0.3) is 6.08 Å². The molecule has 1 unspecified atom stereocenters. The summed E-state index contributed by atoms with van der Waals surface area (Å²) in [7, 11) is 0. The Balaban J connectivity index is 2.35. The number of carbonyl (C=O) groups excluding carboxylic acids is 1. The van der Waals surface area contributed by atoms with Gasteiger partial charge in [0.25, 0.3) is 0 Å². The fourth-order valence-electron chi connectivity index (χ4n) is 1.74. The summed E-state index contributed by atoms with van der Waals surface area (Å²) in [5.74, 6) is 0.446. The molecular weight excluding hydrogens is 268 g/mol. The average Bonchev–Trinajstić information content (AvgIpc) is 2.50. The monoisotopic (exact) mass is 292 g/mol. The number of ether oxygens (including phenoxy) is 2. The summed E-state index contributed by atoms with van der Waals surface area (Å²) in [5.41, 5.74) is 0.914. The Kier molecular flexibility index (Phi) is 8.21. The van der Waals surface area contributed by atoms with Crippen LogP contribution in [0.15, 0.2) is 30.3 Å². The van der Waals surface area contributed by atoms with E-state index in [1.54, 1.807) is 13.0 Å². The predicted molar refractivity (Wildman–Crippen MR) is 83.1 cm³/mol. The molecule has 4 nitrogen and oxygen atoms in total. The van der Waals surface area contributed by atoms with Gasteiger partial charge in [0.15, 0.2) is 0 Å². The third kappa shape index (κ3) is 7.51. The van der Waals surface area contributed by atoms with Crippen LogP contribution in [0.5, 0.6) is 5.75 Å². The van der Waals surface area contributed by atoms with Gasteiger partial charge in [0, 0.05) is 6.08 Å². The van der Waals surface area contributed by atoms with E-state index in [2.05, 4.69) is 0 Å². The minimum atomic E-state index is -0.340. The van der Waals surface area contributed by atoms with Gasteiger partial charge >= 0.3 is 5.97 Å². The zero-order valence-electron chi connectivity index (χ0n) is 12.7. The smallest absolute Gasteiger partial charge is 0.330 e. The maximum Gasteiger partial charge on any atom is 0.330 e. The fraction of sp³-hybridized carbons (Fsp3) is 0.471. The van der Waals surface area contributed by atoms with Crippen molar-refractivity contribution in [3.05, 3.63) is 35.9 Å². The molecular formula is C17H24O4. The van der Waals surface area contributed by atoms with Crippen LogP contribution < -0.4 is 4.74 Å². The molecule has 0 amide bonds. The first-order chi connectivity index (χ1) is 10.2. The van der Waals surface area contributed by atoms with Crippen LogP contribution in [-0.4, -0.2) is 30.4 Å². The third-order valence-electron chi connectivity index (χ3n) is 3.00. The Bertz CT molecular complexity index is 437. The SMILES string of the molecule is CCOC(=O)C=Cc1ccc(OCCCC(O)CC)cc1. The first-order valence-corrected chi connectivity index (χ1v) is 7.41. The standard InChI is InChI=1S/C17H24O4/c1-3-15(18)6-5-13-21-16-10-7-14(8-11-16)9-12-17(19)20-4-2/h7-12,15,18H,3-6,13H2,1-2H3. The molecule has 1 N–H and O–H groups in total. The molecule has 0 radical (unpaired) electrons. The van der Waals surface area contributed by atoms with Crippen molar-refractivity contribution in [3.8, 4) is 5.75 Å². The van der Waals surface area contributed by atoms with Crippen molar-refractivity contribution in [2.75, 3.05) is 13.2 Å². The first kappa shape index (κ1) is 17.2. The topological polar surface area (TPSA) is 55.8 Å². The molecule has 1 atom stereocenters. The highest BCUT2D eigenvalue weighted by atomic mass is 16.5. The van der Waals surface area contributed by atoms with Gasteiger partial charge in [0.1, 0.15) is 5.75 Å². The lowest BCUT2D eigenvalue weighted by molar-refractivity contribution is -0.137. The zero-order chi connectivity index (χ0) is 15.5. The van der Waals surface area contributed by atoms with Crippen molar-refractivity contribution < 1.29 is 19.4 Å². The second-order valence-corrected chi connectivity index (χ2v) is 4.71. The number of hydrogen-bond acceptors (Lipinski definition) is 4. The molecule has 0 aromatic heterocycles. The van der Waals surface area contributed by atoms with E-state index >= 15 is 0 Å². The molecule has 0 aliphatic carbocycles. The summed E-state index contributed by atoms with van der Waals surface area (Å²) < 4.78 is 10.4. The van der Waals surface area contributed by atoms with Crippen LogP contribution in [0.2, 0.25) is 0 Å². The Hall–Kier alpha value is -1.81. The summed E-state index contributed by atoms with van der Waals surface area (Å²) in [6.07, 6.45) is 5.26. The number of benzene rings is 1. The largest absolute Gasteiger partial charge is 0.494 e. The van der Waals surface area contributed by atoms with Gasteiger partial charge in [-0.1, -0.05) is 19.1 Å². The molecule has 0 saturated heterocycles. The van der Waals surface area contributed by atoms with Crippen LogP contribution in [0, 0.1) is 0 Å². The van der Waals surface area contributed by atoms with Gasteiger partial charge in [-0.3, -0.25) is 0 Å². The number of hydrogen-bond donors (Lipinski definition) is 1. The maximum atomic E-state index is 11.2. The number of rotatable bonds is 9. The van der Waals surface area contributed by atoms with Crippen molar-refractivity contribution in [2.45, 2.75) is 39.2 Å². The van der Waals surface area contributed by atoms with Gasteiger partial charge in [-0.2, -0.15) is 0 Å². The van der Waals surface area contributed by atoms with Gasteiger partial charge in [0.2, 0.25) is 0 Å². The second-order valence-electron chi connectivity index (χ2n) is 4.71. The highest BCUT2D eigenvalue weighted by Crippen LogP contribution is 2.14. The number of esters is 1. The summed E-state index contributed by atoms with van der Waals surface area (Å²) in [5, 5.41) is 9.43. The summed E-state index contributed by atoms with van der Waals surface area (Å²) in [6, 6.07) is 7.49. The van der Waals surface area contributed by atoms with Crippen LogP contribution in [0.1, 0.15) is 38.7 Å². The Morgan fingerprint density at radius 1 is 1.29 bits per heavy atom. The van der Waals surface area contributed by atoms with Gasteiger partial charge in [0.05, 0.1) is 19.3 Å². The van der Waals surface area contributed by atoms with Crippen LogP contribution in [0.4, 0.5) is 0 Å². The van der Waals surface area contributed by atoms with Crippen molar-refractivity contribution in [2.24, 2.45) is 0 Å². The highest BCUT2D eigenvalue weighted by Gasteiger charge is 2.00.